The van der Waals surface area contributed by atoms with Crippen molar-refractivity contribution in [2.45, 2.75) is 58.9 Å². The van der Waals surface area contributed by atoms with Crippen molar-refractivity contribution in [1.82, 2.24) is 0 Å². The average molecular weight is 475 g/mol. The van der Waals surface area contributed by atoms with E-state index in [0.29, 0.717) is 4.90 Å². The minimum Gasteiger partial charge on any atom is -0.443 e. The molecule has 0 saturated carbocycles. The van der Waals surface area contributed by atoms with Crippen LogP contribution in [-0.2, 0) is 15.7 Å². The fraction of sp³-hybridized carbons (Fsp3) is 0.529. The summed E-state index contributed by atoms with van der Waals surface area (Å²) >= 11 is 8.55. The number of hydrogen-bond donors (Lipinski definition) is 0. The molecule has 1 aromatic carbocycles. The Morgan fingerprint density at radius 2 is 1.37 bits per heavy atom. The Kier molecular flexibility index (Phi) is 6.87. The van der Waals surface area contributed by atoms with Crippen molar-refractivity contribution in [2.24, 2.45) is 0 Å². The molecule has 0 atom stereocenters. The fourth-order valence-electron chi connectivity index (χ4n) is 1.86. The second-order valence-electron chi connectivity index (χ2n) is 7.58. The van der Waals surface area contributed by atoms with Gasteiger partial charge in [0.25, 0.3) is 0 Å². The number of rotatable bonds is 1. The monoisotopic (exact) mass is 473 g/mol. The number of hydrogen-bond acceptors (Lipinski definition) is 4. The van der Waals surface area contributed by atoms with Crippen LogP contribution in [0.5, 0.6) is 0 Å². The van der Waals surface area contributed by atoms with E-state index in [1.807, 2.05) is 0 Å². The first-order chi connectivity index (χ1) is 11.9. The van der Waals surface area contributed by atoms with Crippen LogP contribution in [-0.4, -0.2) is 23.4 Å². The van der Waals surface area contributed by atoms with E-state index in [1.54, 1.807) is 41.5 Å². The third-order valence-corrected chi connectivity index (χ3v) is 3.64. The summed E-state index contributed by atoms with van der Waals surface area (Å²) in [5.41, 5.74) is -3.27. The van der Waals surface area contributed by atoms with Crippen molar-refractivity contribution < 1.29 is 32.2 Å². The molecule has 0 aromatic heterocycles. The number of ether oxygens (including phenoxy) is 2. The van der Waals surface area contributed by atoms with Crippen molar-refractivity contribution >= 4 is 45.4 Å². The van der Waals surface area contributed by atoms with Gasteiger partial charge in [-0.05, 0) is 53.7 Å². The van der Waals surface area contributed by atoms with E-state index in [4.69, 9.17) is 21.1 Å². The summed E-state index contributed by atoms with van der Waals surface area (Å²) < 4.78 is 49.2. The number of carbonyl (C=O) groups is 2. The largest absolute Gasteiger partial charge is 0.443 e. The first kappa shape index (κ1) is 23.6. The molecule has 0 aliphatic heterocycles. The number of amides is 2. The third kappa shape index (κ3) is 6.88. The molecule has 0 aliphatic carbocycles. The second-order valence-corrected chi connectivity index (χ2v) is 8.84. The summed E-state index contributed by atoms with van der Waals surface area (Å²) in [6, 6.07) is 1.80. The molecule has 0 heterocycles. The topological polar surface area (TPSA) is 55.8 Å². The molecule has 152 valence electrons. The summed E-state index contributed by atoms with van der Waals surface area (Å²) in [5.74, 6) is 0. The van der Waals surface area contributed by atoms with Gasteiger partial charge in [-0.3, -0.25) is 0 Å². The average Bonchev–Trinajstić information content (AvgIpc) is 2.30. The number of nitrogens with zero attached hydrogens (tertiary/aromatic N) is 1. The summed E-state index contributed by atoms with van der Waals surface area (Å²) in [4.78, 5) is 25.5. The molecule has 0 aliphatic rings. The molecule has 0 fully saturated rings. The van der Waals surface area contributed by atoms with Crippen molar-refractivity contribution in [3.05, 3.63) is 27.2 Å². The van der Waals surface area contributed by atoms with Crippen LogP contribution < -0.4 is 4.90 Å². The van der Waals surface area contributed by atoms with Gasteiger partial charge < -0.3 is 9.47 Å². The van der Waals surface area contributed by atoms with Gasteiger partial charge in [0.1, 0.15) is 11.2 Å². The number of halogens is 5. The van der Waals surface area contributed by atoms with Gasteiger partial charge in [-0.1, -0.05) is 27.5 Å². The minimum absolute atomic E-state index is 0.233. The lowest BCUT2D eigenvalue weighted by Gasteiger charge is -2.29. The van der Waals surface area contributed by atoms with E-state index in [2.05, 4.69) is 15.9 Å². The zero-order valence-corrected chi connectivity index (χ0v) is 18.0. The first-order valence-electron chi connectivity index (χ1n) is 7.75. The van der Waals surface area contributed by atoms with Gasteiger partial charge >= 0.3 is 18.4 Å². The van der Waals surface area contributed by atoms with Crippen LogP contribution in [0.25, 0.3) is 0 Å². The van der Waals surface area contributed by atoms with Crippen molar-refractivity contribution in [1.29, 1.82) is 0 Å². The lowest BCUT2D eigenvalue weighted by molar-refractivity contribution is -0.138. The Balaban J connectivity index is 3.47. The molecule has 0 radical (unpaired) electrons. The Hall–Kier alpha value is -1.48. The van der Waals surface area contributed by atoms with E-state index in [9.17, 15) is 22.8 Å². The lowest BCUT2D eigenvalue weighted by atomic mass is 10.2. The molecule has 0 spiro atoms. The molecule has 2 amide bonds. The summed E-state index contributed by atoms with van der Waals surface area (Å²) in [7, 11) is 0. The van der Waals surface area contributed by atoms with Crippen molar-refractivity contribution in [2.75, 3.05) is 4.90 Å². The Morgan fingerprint density at radius 1 is 0.963 bits per heavy atom. The van der Waals surface area contributed by atoms with E-state index in [0.717, 1.165) is 12.1 Å². The highest BCUT2D eigenvalue weighted by atomic mass is 79.9. The Morgan fingerprint density at radius 3 is 1.67 bits per heavy atom. The molecule has 0 bridgehead atoms. The predicted octanol–water partition coefficient (Wildman–Crippen LogP) is 6.80. The molecular weight excluding hydrogens is 455 g/mol. The maximum atomic E-state index is 13.1. The van der Waals surface area contributed by atoms with Crippen LogP contribution >= 0.6 is 27.5 Å². The summed E-state index contributed by atoms with van der Waals surface area (Å²) in [6.07, 6.45) is -6.95. The van der Waals surface area contributed by atoms with Crippen LogP contribution in [0.1, 0.15) is 47.1 Å². The first-order valence-corrected chi connectivity index (χ1v) is 8.92. The zero-order valence-electron chi connectivity index (χ0n) is 15.6. The van der Waals surface area contributed by atoms with E-state index in [1.165, 1.54) is 0 Å². The fourth-order valence-corrected chi connectivity index (χ4v) is 2.97. The lowest BCUT2D eigenvalue weighted by Crippen LogP contribution is -2.43. The number of alkyl halides is 3. The zero-order chi connectivity index (χ0) is 21.4. The predicted molar refractivity (Wildman–Crippen MR) is 99.1 cm³/mol. The maximum Gasteiger partial charge on any atom is 0.424 e. The molecule has 1 rings (SSSR count). The molecule has 1 aromatic rings. The van der Waals surface area contributed by atoms with Gasteiger partial charge in [0.15, 0.2) is 0 Å². The number of benzene rings is 1. The highest BCUT2D eigenvalue weighted by Crippen LogP contribution is 2.42. The molecule has 27 heavy (non-hydrogen) atoms. The highest BCUT2D eigenvalue weighted by Gasteiger charge is 2.38. The molecule has 10 heteroatoms. The molecule has 0 N–H and O–H groups in total. The van der Waals surface area contributed by atoms with Crippen LogP contribution in [0.3, 0.4) is 0 Å². The quantitative estimate of drug-likeness (QED) is 0.449. The summed E-state index contributed by atoms with van der Waals surface area (Å²) in [6.45, 7) is 9.46. The highest BCUT2D eigenvalue weighted by molar-refractivity contribution is 9.10. The van der Waals surface area contributed by atoms with E-state index in [-0.39, 0.29) is 5.69 Å². The number of anilines is 1. The van der Waals surface area contributed by atoms with Crippen LogP contribution in [0.2, 0.25) is 5.02 Å². The molecular formula is C17H20BrClF3NO4. The smallest absolute Gasteiger partial charge is 0.424 e. The van der Waals surface area contributed by atoms with Gasteiger partial charge in [0.05, 0.1) is 16.3 Å². The molecule has 0 saturated heterocycles. The van der Waals surface area contributed by atoms with Crippen molar-refractivity contribution in [3.8, 4) is 0 Å². The summed E-state index contributed by atoms with van der Waals surface area (Å²) in [5, 5.41) is -0.691. The van der Waals surface area contributed by atoms with Crippen LogP contribution in [0, 0.1) is 0 Å². The molecule has 0 unspecified atom stereocenters. The van der Waals surface area contributed by atoms with Gasteiger partial charge in [-0.25, -0.2) is 9.59 Å². The normalized spacial score (nSPS) is 12.6. The van der Waals surface area contributed by atoms with Crippen LogP contribution in [0.15, 0.2) is 16.6 Å². The Bertz CT molecular complexity index is 688. The Labute approximate surface area is 168 Å². The molecule has 5 nitrogen and oxygen atoms in total. The van der Waals surface area contributed by atoms with Crippen LogP contribution in [0.4, 0.5) is 28.4 Å². The second kappa shape index (κ2) is 7.87. The van der Waals surface area contributed by atoms with E-state index < -0.39 is 44.6 Å². The van der Waals surface area contributed by atoms with Gasteiger partial charge in [-0.2, -0.15) is 18.1 Å². The van der Waals surface area contributed by atoms with Gasteiger partial charge in [0, 0.05) is 4.47 Å². The van der Waals surface area contributed by atoms with Gasteiger partial charge in [-0.15, -0.1) is 0 Å². The minimum atomic E-state index is -4.73. The maximum absolute atomic E-state index is 13.1. The standard InChI is InChI=1S/C17H20BrClF3NO4/c1-15(2,3)26-13(24)23(14(25)27-16(4,5)6)9-7-10(18)12(11(19)8-9)17(20,21)22/h7-8H,1-6H3. The number of imide groups is 1. The third-order valence-electron chi connectivity index (χ3n) is 2.72. The number of carbonyl (C=O) groups excluding carboxylic acids is 2. The van der Waals surface area contributed by atoms with Crippen molar-refractivity contribution in [3.63, 3.8) is 0 Å². The SMILES string of the molecule is CC(C)(C)OC(=O)N(C(=O)OC(C)(C)C)c1cc(Cl)c(C(F)(F)F)c(Br)c1. The van der Waals surface area contributed by atoms with E-state index >= 15 is 0 Å². The van der Waals surface area contributed by atoms with Gasteiger partial charge in [0.2, 0.25) is 0 Å².